The van der Waals surface area contributed by atoms with Gasteiger partial charge in [0.05, 0.1) is 4.90 Å². The van der Waals surface area contributed by atoms with E-state index in [1.807, 2.05) is 37.3 Å². The number of aryl methyl sites for hydroxylation is 1. The molecule has 0 unspecified atom stereocenters. The molecule has 2 aromatic rings. The summed E-state index contributed by atoms with van der Waals surface area (Å²) < 4.78 is 23.8. The summed E-state index contributed by atoms with van der Waals surface area (Å²) in [5.74, 6) is -0.589. The lowest BCUT2D eigenvalue weighted by Crippen LogP contribution is -2.14. The van der Waals surface area contributed by atoms with Crippen molar-refractivity contribution >= 4 is 33.6 Å². The lowest BCUT2D eigenvalue weighted by molar-refractivity contribution is -0.112. The number of nitrogens with one attached hydrogen (secondary N) is 1. The Balaban J connectivity index is 1.88. The summed E-state index contributed by atoms with van der Waals surface area (Å²) in [6, 6.07) is 13.9. The summed E-state index contributed by atoms with van der Waals surface area (Å²) >= 11 is 0. The molecule has 0 radical (unpaired) electrons. The highest BCUT2D eigenvalue weighted by Crippen LogP contribution is 2.29. The second kappa shape index (κ2) is 6.38. The van der Waals surface area contributed by atoms with Crippen molar-refractivity contribution in [2.45, 2.75) is 11.8 Å². The maximum atomic E-state index is 12.4. The van der Waals surface area contributed by atoms with Crippen molar-refractivity contribution in [3.8, 4) is 6.07 Å². The summed E-state index contributed by atoms with van der Waals surface area (Å²) in [4.78, 5) is 12.5. The second-order valence-corrected chi connectivity index (χ2v) is 7.38. The molecule has 6 heteroatoms. The maximum absolute atomic E-state index is 12.4. The molecule has 0 fully saturated rings. The van der Waals surface area contributed by atoms with E-state index in [2.05, 4.69) is 5.32 Å². The molecule has 0 aromatic heterocycles. The van der Waals surface area contributed by atoms with Gasteiger partial charge in [0.25, 0.3) is 5.91 Å². The SMILES string of the molecule is Cc1ccccc1C=C(C#N)C(=O)Nc1ccc2c(c1)S(=O)(=O)C=C2. The number of benzene rings is 2. The van der Waals surface area contributed by atoms with Crippen LogP contribution in [0.1, 0.15) is 16.7 Å². The minimum absolute atomic E-state index is 0.0595. The number of sulfone groups is 1. The van der Waals surface area contributed by atoms with E-state index in [0.29, 0.717) is 11.3 Å². The van der Waals surface area contributed by atoms with Crippen LogP contribution in [0.5, 0.6) is 0 Å². The molecule has 3 rings (SSSR count). The van der Waals surface area contributed by atoms with Crippen LogP contribution in [0, 0.1) is 18.3 Å². The summed E-state index contributed by atoms with van der Waals surface area (Å²) in [5.41, 5.74) is 2.55. The van der Waals surface area contributed by atoms with E-state index in [0.717, 1.165) is 16.5 Å². The monoisotopic (exact) mass is 350 g/mol. The van der Waals surface area contributed by atoms with Crippen LogP contribution >= 0.6 is 0 Å². The quantitative estimate of drug-likeness (QED) is 0.680. The number of carbonyl (C=O) groups excluding carboxylic acids is 1. The first-order valence-electron chi connectivity index (χ1n) is 7.47. The van der Waals surface area contributed by atoms with Gasteiger partial charge in [0.2, 0.25) is 9.84 Å². The van der Waals surface area contributed by atoms with E-state index in [4.69, 9.17) is 0 Å². The van der Waals surface area contributed by atoms with E-state index in [1.54, 1.807) is 12.1 Å². The molecule has 0 aliphatic carbocycles. The van der Waals surface area contributed by atoms with Gasteiger partial charge in [-0.05, 0) is 47.9 Å². The Bertz CT molecular complexity index is 1070. The van der Waals surface area contributed by atoms with Crippen LogP contribution in [-0.2, 0) is 14.6 Å². The molecule has 1 aliphatic rings. The summed E-state index contributed by atoms with van der Waals surface area (Å²) in [6.45, 7) is 1.89. The number of nitriles is 1. The van der Waals surface area contributed by atoms with Crippen molar-refractivity contribution < 1.29 is 13.2 Å². The smallest absolute Gasteiger partial charge is 0.266 e. The molecule has 0 saturated heterocycles. The highest BCUT2D eigenvalue weighted by atomic mass is 32.2. The topological polar surface area (TPSA) is 87.0 Å². The third-order valence-corrected chi connectivity index (χ3v) is 5.32. The van der Waals surface area contributed by atoms with Gasteiger partial charge in [-0.25, -0.2) is 8.42 Å². The number of amides is 1. The molecular weight excluding hydrogens is 336 g/mol. The minimum atomic E-state index is -3.46. The molecule has 2 aromatic carbocycles. The molecule has 5 nitrogen and oxygen atoms in total. The Hall–Kier alpha value is -3.17. The van der Waals surface area contributed by atoms with Crippen molar-refractivity contribution in [3.05, 3.63) is 70.1 Å². The van der Waals surface area contributed by atoms with Crippen LogP contribution in [0.3, 0.4) is 0 Å². The summed E-state index contributed by atoms with van der Waals surface area (Å²) in [7, 11) is -3.46. The third-order valence-electron chi connectivity index (χ3n) is 3.86. The Morgan fingerprint density at radius 2 is 1.96 bits per heavy atom. The molecule has 0 bridgehead atoms. The first kappa shape index (κ1) is 16.7. The van der Waals surface area contributed by atoms with Gasteiger partial charge in [0, 0.05) is 11.1 Å². The average molecular weight is 350 g/mol. The Kier molecular flexibility index (Phi) is 4.26. The first-order valence-corrected chi connectivity index (χ1v) is 9.01. The van der Waals surface area contributed by atoms with Gasteiger partial charge in [-0.3, -0.25) is 4.79 Å². The Morgan fingerprint density at radius 3 is 2.68 bits per heavy atom. The fourth-order valence-electron chi connectivity index (χ4n) is 2.48. The first-order chi connectivity index (χ1) is 11.9. The van der Waals surface area contributed by atoms with E-state index >= 15 is 0 Å². The number of nitrogens with zero attached hydrogens (tertiary/aromatic N) is 1. The van der Waals surface area contributed by atoms with Crippen LogP contribution in [0.15, 0.2) is 58.3 Å². The fraction of sp³-hybridized carbons (Fsp3) is 0.0526. The van der Waals surface area contributed by atoms with E-state index in [9.17, 15) is 18.5 Å². The van der Waals surface area contributed by atoms with E-state index < -0.39 is 15.7 Å². The third kappa shape index (κ3) is 3.37. The lowest BCUT2D eigenvalue weighted by Gasteiger charge is -2.07. The molecule has 124 valence electrons. The van der Waals surface area contributed by atoms with Crippen molar-refractivity contribution in [2.24, 2.45) is 0 Å². The van der Waals surface area contributed by atoms with Crippen LogP contribution in [-0.4, -0.2) is 14.3 Å². The summed E-state index contributed by atoms with van der Waals surface area (Å²) in [5, 5.41) is 13.0. The zero-order chi connectivity index (χ0) is 18.0. The van der Waals surface area contributed by atoms with Crippen LogP contribution in [0.4, 0.5) is 5.69 Å². The van der Waals surface area contributed by atoms with Gasteiger partial charge < -0.3 is 5.32 Å². The van der Waals surface area contributed by atoms with Crippen LogP contribution < -0.4 is 5.32 Å². The zero-order valence-corrected chi connectivity index (χ0v) is 14.2. The van der Waals surface area contributed by atoms with Gasteiger partial charge in [-0.2, -0.15) is 5.26 Å². The fourth-order valence-corrected chi connectivity index (χ4v) is 3.71. The van der Waals surface area contributed by atoms with Crippen LogP contribution in [0.25, 0.3) is 12.2 Å². The van der Waals surface area contributed by atoms with Gasteiger partial charge in [0.1, 0.15) is 11.6 Å². The van der Waals surface area contributed by atoms with Crippen molar-refractivity contribution in [3.63, 3.8) is 0 Å². The lowest BCUT2D eigenvalue weighted by atomic mass is 10.1. The molecule has 0 atom stereocenters. The normalized spacial score (nSPS) is 14.6. The number of hydrogen-bond donors (Lipinski definition) is 1. The van der Waals surface area contributed by atoms with Crippen molar-refractivity contribution in [1.82, 2.24) is 0 Å². The van der Waals surface area contributed by atoms with E-state index in [-0.39, 0.29) is 10.5 Å². The molecule has 25 heavy (non-hydrogen) atoms. The Labute approximate surface area is 145 Å². The van der Waals surface area contributed by atoms with Crippen LogP contribution in [0.2, 0.25) is 0 Å². The molecule has 0 spiro atoms. The molecule has 1 amide bonds. The largest absolute Gasteiger partial charge is 0.321 e. The molecule has 1 heterocycles. The zero-order valence-electron chi connectivity index (χ0n) is 13.4. The van der Waals surface area contributed by atoms with E-state index in [1.165, 1.54) is 18.2 Å². The van der Waals surface area contributed by atoms with Gasteiger partial charge in [-0.1, -0.05) is 30.3 Å². The molecule has 0 saturated carbocycles. The minimum Gasteiger partial charge on any atom is -0.321 e. The van der Waals surface area contributed by atoms with Crippen molar-refractivity contribution in [2.75, 3.05) is 5.32 Å². The highest BCUT2D eigenvalue weighted by molar-refractivity contribution is 7.94. The highest BCUT2D eigenvalue weighted by Gasteiger charge is 2.21. The van der Waals surface area contributed by atoms with Gasteiger partial charge in [-0.15, -0.1) is 0 Å². The average Bonchev–Trinajstić information content (AvgIpc) is 2.89. The molecular formula is C19H14N2O3S. The predicted molar refractivity (Wildman–Crippen MR) is 96.1 cm³/mol. The number of rotatable bonds is 3. The van der Waals surface area contributed by atoms with Gasteiger partial charge >= 0.3 is 0 Å². The number of carbonyl (C=O) groups is 1. The molecule has 1 aliphatic heterocycles. The van der Waals surface area contributed by atoms with Gasteiger partial charge in [0.15, 0.2) is 0 Å². The maximum Gasteiger partial charge on any atom is 0.266 e. The van der Waals surface area contributed by atoms with Crippen molar-refractivity contribution in [1.29, 1.82) is 5.26 Å². The predicted octanol–water partition coefficient (Wildman–Crippen LogP) is 3.30. The number of hydrogen-bond acceptors (Lipinski definition) is 4. The summed E-state index contributed by atoms with van der Waals surface area (Å²) in [6.07, 6.45) is 3.02. The standard InChI is InChI=1S/C19H14N2O3S/c1-13-4-2-3-5-15(13)10-16(12-20)19(22)21-17-7-6-14-8-9-25(23,24)18(14)11-17/h2-11H,1H3,(H,21,22). The number of fused-ring (bicyclic) bond motifs is 1. The molecule has 1 N–H and O–H groups in total. The second-order valence-electron chi connectivity index (χ2n) is 5.58. The Morgan fingerprint density at radius 1 is 1.20 bits per heavy atom. The number of anilines is 1.